The lowest BCUT2D eigenvalue weighted by Gasteiger charge is -2.01. The number of hydrogen-bond acceptors (Lipinski definition) is 12. The highest BCUT2D eigenvalue weighted by Crippen LogP contribution is 1.95. The Morgan fingerprint density at radius 1 is 0.679 bits per heavy atom. The lowest BCUT2D eigenvalue weighted by Crippen LogP contribution is -2.14. The van der Waals surface area contributed by atoms with Crippen LogP contribution in [0.5, 0.6) is 0 Å². The molecule has 0 aromatic heterocycles. The highest BCUT2D eigenvalue weighted by atomic mass is 16.7. The monoisotopic (exact) mass is 410 g/mol. The van der Waals surface area contributed by atoms with Gasteiger partial charge in [-0.15, -0.1) is 0 Å². The van der Waals surface area contributed by atoms with E-state index in [0.29, 0.717) is 0 Å². The van der Waals surface area contributed by atoms with Gasteiger partial charge in [-0.05, 0) is 6.92 Å². The third-order valence-corrected chi connectivity index (χ3v) is 2.26. The second-order valence-electron chi connectivity index (χ2n) is 4.70. The predicted molar refractivity (Wildman–Crippen MR) is 90.5 cm³/mol. The normalized spacial score (nSPS) is 8.79. The average Bonchev–Trinajstić information content (AvgIpc) is 2.59. The molecule has 0 heterocycles. The zero-order chi connectivity index (χ0) is 22.5. The molecule has 0 radical (unpaired) electrons. The van der Waals surface area contributed by atoms with E-state index in [4.69, 9.17) is 10.2 Å². The molecule has 0 bridgehead atoms. The molecule has 162 valence electrons. The van der Waals surface area contributed by atoms with Crippen molar-refractivity contribution in [2.45, 2.75) is 32.6 Å². The van der Waals surface area contributed by atoms with Crippen LogP contribution < -0.4 is 0 Å². The fourth-order valence-electron chi connectivity index (χ4n) is 1.21. The number of methoxy groups -OCH3 is 3. The number of Topliss-reactive ketones (excluding diaryl/α,β-unsaturated/α-hetero) is 3. The molecule has 12 nitrogen and oxygen atoms in total. The number of esters is 3. The Kier molecular flexibility index (Phi) is 22.1. The van der Waals surface area contributed by atoms with E-state index in [0.717, 1.165) is 0 Å². The van der Waals surface area contributed by atoms with Crippen molar-refractivity contribution >= 4 is 35.3 Å². The fraction of sp³-hybridized carbons (Fsp3) is 0.625. The van der Waals surface area contributed by atoms with Gasteiger partial charge in [0, 0.05) is 7.11 Å². The molecule has 0 atom stereocenters. The van der Waals surface area contributed by atoms with Crippen LogP contribution in [0.3, 0.4) is 0 Å². The van der Waals surface area contributed by atoms with Gasteiger partial charge in [-0.3, -0.25) is 28.8 Å². The van der Waals surface area contributed by atoms with Gasteiger partial charge in [-0.1, -0.05) is 0 Å². The van der Waals surface area contributed by atoms with Gasteiger partial charge in [-0.2, -0.15) is 0 Å². The van der Waals surface area contributed by atoms with Gasteiger partial charge in [0.05, 0.1) is 20.6 Å². The summed E-state index contributed by atoms with van der Waals surface area (Å²) < 4.78 is 17.4. The van der Waals surface area contributed by atoms with Crippen molar-refractivity contribution < 1.29 is 57.9 Å². The quantitative estimate of drug-likeness (QED) is 0.188. The predicted octanol–water partition coefficient (Wildman–Crippen LogP) is -1.32. The number of ether oxygens (including phenoxy) is 4. The molecule has 28 heavy (non-hydrogen) atoms. The standard InChI is InChI=1S/C8H12O5.C7H10O5.CH4O2/c1-6(9)3-7(10)4-8(11)13-5-12-2;1-11-6(9)3-5(8)4-7(10)12-2;2-1-3/h3-5H2,1-2H3;3-4H2,1-2H3;2-3H,1H2. The minimum absolute atomic E-state index is 0.174. The summed E-state index contributed by atoms with van der Waals surface area (Å²) in [6.07, 6.45) is -1.36. The summed E-state index contributed by atoms with van der Waals surface area (Å²) in [6, 6.07) is 0. The molecule has 12 heteroatoms. The molecule has 0 aliphatic heterocycles. The van der Waals surface area contributed by atoms with Crippen LogP contribution >= 0.6 is 0 Å². The van der Waals surface area contributed by atoms with Crippen LogP contribution in [0.4, 0.5) is 0 Å². The topological polar surface area (TPSA) is 180 Å². The van der Waals surface area contributed by atoms with Gasteiger partial charge in [0.15, 0.2) is 18.4 Å². The molecule has 0 aliphatic rings. The molecule has 0 rings (SSSR count). The van der Waals surface area contributed by atoms with E-state index in [1.165, 1.54) is 28.3 Å². The van der Waals surface area contributed by atoms with Crippen molar-refractivity contribution in [3.8, 4) is 0 Å². The van der Waals surface area contributed by atoms with Crippen LogP contribution in [0.1, 0.15) is 32.6 Å². The maximum atomic E-state index is 10.9. The van der Waals surface area contributed by atoms with Gasteiger partial charge in [0.1, 0.15) is 31.8 Å². The summed E-state index contributed by atoms with van der Waals surface area (Å²) in [5.41, 5.74) is 0. The van der Waals surface area contributed by atoms with Crippen molar-refractivity contribution in [2.24, 2.45) is 0 Å². The third-order valence-electron chi connectivity index (χ3n) is 2.26. The smallest absolute Gasteiger partial charge is 0.315 e. The zero-order valence-corrected chi connectivity index (χ0v) is 16.2. The Hall–Kier alpha value is -2.70. The first-order chi connectivity index (χ1) is 13.1. The van der Waals surface area contributed by atoms with Gasteiger partial charge in [-0.25, -0.2) is 0 Å². The van der Waals surface area contributed by atoms with E-state index in [-0.39, 0.29) is 38.3 Å². The van der Waals surface area contributed by atoms with E-state index in [1.54, 1.807) is 0 Å². The number of rotatable bonds is 10. The fourth-order valence-corrected chi connectivity index (χ4v) is 1.21. The van der Waals surface area contributed by atoms with Crippen LogP contribution in [0.25, 0.3) is 0 Å². The number of hydrogen-bond donors (Lipinski definition) is 2. The molecule has 0 spiro atoms. The summed E-state index contributed by atoms with van der Waals surface area (Å²) in [4.78, 5) is 63.8. The minimum Gasteiger partial charge on any atom is -0.469 e. The minimum atomic E-state index is -0.750. The Balaban J connectivity index is -0.000000392. The van der Waals surface area contributed by atoms with Gasteiger partial charge in [0.2, 0.25) is 0 Å². The van der Waals surface area contributed by atoms with E-state index in [1.807, 2.05) is 0 Å². The molecule has 0 saturated heterocycles. The zero-order valence-electron chi connectivity index (χ0n) is 16.2. The lowest BCUT2D eigenvalue weighted by molar-refractivity contribution is -0.155. The number of aliphatic hydroxyl groups is 2. The molecular formula is C16H26O12. The van der Waals surface area contributed by atoms with Crippen LogP contribution in [0.15, 0.2) is 0 Å². The van der Waals surface area contributed by atoms with Crippen molar-refractivity contribution in [2.75, 3.05) is 34.9 Å². The summed E-state index contributed by atoms with van der Waals surface area (Å²) in [7, 11) is 3.71. The van der Waals surface area contributed by atoms with Crippen molar-refractivity contribution in [3.05, 3.63) is 0 Å². The lowest BCUT2D eigenvalue weighted by atomic mass is 10.2. The summed E-state index contributed by atoms with van der Waals surface area (Å²) in [5, 5.41) is 14.2. The Bertz CT molecular complexity index is 492. The number of carbonyl (C=O) groups is 6. The maximum Gasteiger partial charge on any atom is 0.315 e. The van der Waals surface area contributed by atoms with Crippen LogP contribution in [-0.2, 0) is 47.7 Å². The third kappa shape index (κ3) is 25.5. The summed E-state index contributed by atoms with van der Waals surface area (Å²) in [5.74, 6) is -3.17. The Morgan fingerprint density at radius 2 is 1.04 bits per heavy atom. The number of carbonyl (C=O) groups excluding carboxylic acids is 6. The summed E-state index contributed by atoms with van der Waals surface area (Å²) >= 11 is 0. The Morgan fingerprint density at radius 3 is 1.36 bits per heavy atom. The molecule has 0 aromatic carbocycles. The van der Waals surface area contributed by atoms with Crippen molar-refractivity contribution in [1.29, 1.82) is 0 Å². The van der Waals surface area contributed by atoms with E-state index >= 15 is 0 Å². The molecule has 2 N–H and O–H groups in total. The van der Waals surface area contributed by atoms with Crippen molar-refractivity contribution in [1.82, 2.24) is 0 Å². The Labute approximate surface area is 161 Å². The first kappa shape index (κ1) is 30.0. The van der Waals surface area contributed by atoms with Crippen LogP contribution in [0.2, 0.25) is 0 Å². The van der Waals surface area contributed by atoms with Crippen molar-refractivity contribution in [3.63, 3.8) is 0 Å². The second kappa shape index (κ2) is 20.6. The average molecular weight is 410 g/mol. The highest BCUT2D eigenvalue weighted by Gasteiger charge is 2.14. The number of aliphatic hydroxyl groups excluding tert-OH is 1. The molecule has 0 unspecified atom stereocenters. The molecular weight excluding hydrogens is 384 g/mol. The molecule has 0 fully saturated rings. The molecule has 0 saturated carbocycles. The molecule has 0 aliphatic carbocycles. The SMILES string of the molecule is COC(=O)CC(=O)CC(=O)OC.COCOC(=O)CC(=O)CC(C)=O.OCO. The van der Waals surface area contributed by atoms with E-state index in [9.17, 15) is 28.8 Å². The van der Waals surface area contributed by atoms with Gasteiger partial charge >= 0.3 is 17.9 Å². The van der Waals surface area contributed by atoms with Crippen LogP contribution in [-0.4, -0.2) is 80.4 Å². The van der Waals surface area contributed by atoms with E-state index < -0.39 is 36.3 Å². The van der Waals surface area contributed by atoms with Gasteiger partial charge in [0.25, 0.3) is 0 Å². The molecule has 0 amide bonds. The maximum absolute atomic E-state index is 10.9. The number of ketones is 3. The second-order valence-corrected chi connectivity index (χ2v) is 4.70. The highest BCUT2D eigenvalue weighted by molar-refractivity contribution is 6.05. The first-order valence-corrected chi connectivity index (χ1v) is 7.60. The van der Waals surface area contributed by atoms with Gasteiger partial charge < -0.3 is 29.2 Å². The molecule has 0 aromatic rings. The summed E-state index contributed by atoms with van der Waals surface area (Å²) in [6.45, 7) is 0.366. The van der Waals surface area contributed by atoms with Crippen LogP contribution in [0, 0.1) is 0 Å². The largest absolute Gasteiger partial charge is 0.469 e. The first-order valence-electron chi connectivity index (χ1n) is 7.60. The van der Waals surface area contributed by atoms with E-state index in [2.05, 4.69) is 18.9 Å².